The number of amides is 2. The summed E-state index contributed by atoms with van der Waals surface area (Å²) >= 11 is 0. The van der Waals surface area contributed by atoms with Gasteiger partial charge in [0.2, 0.25) is 0 Å². The molecule has 2 amide bonds. The standard InChI is InChI=1S/C21H19N7O2.Fe.H2O4S/c1-14(25-27-20(29)16-6-10-22-11-7-16)18-4-3-5-19(24-18)15(2)26-28-21(30)17-8-12-23-13-9-17;;1-5(2,3)4/h3-13H,1-2H3,(H2,24,27,28,29,30);;(H2,1,2,3,4)/q;+2;. The van der Waals surface area contributed by atoms with Gasteiger partial charge in [0, 0.05) is 36.2 Å². The van der Waals surface area contributed by atoms with Crippen LogP contribution in [0.25, 0.3) is 10.9 Å². The summed E-state index contributed by atoms with van der Waals surface area (Å²) < 4.78 is 31.6. The third-order valence-electron chi connectivity index (χ3n) is 3.96. The second kappa shape index (κ2) is 14.5. The molecule has 3 aromatic rings. The first-order chi connectivity index (χ1) is 16.5. The molecule has 0 aromatic carbocycles. The molecule has 0 aliphatic heterocycles. The van der Waals surface area contributed by atoms with Gasteiger partial charge in [-0.2, -0.15) is 8.42 Å². The van der Waals surface area contributed by atoms with E-state index in [0.29, 0.717) is 33.9 Å². The van der Waals surface area contributed by atoms with Gasteiger partial charge in [0.25, 0.3) is 11.8 Å². The summed E-state index contributed by atoms with van der Waals surface area (Å²) in [7, 11) is -4.67. The van der Waals surface area contributed by atoms with E-state index >= 15 is 0 Å². The average molecular weight is 555 g/mol. The fraction of sp³-hybridized carbons (Fsp3) is 0.0952. The van der Waals surface area contributed by atoms with Crippen molar-refractivity contribution < 1.29 is 44.2 Å². The zero-order chi connectivity index (χ0) is 25.8. The van der Waals surface area contributed by atoms with E-state index in [9.17, 15) is 9.59 Å². The van der Waals surface area contributed by atoms with Crippen molar-refractivity contribution in [2.24, 2.45) is 10.2 Å². The molecule has 0 aliphatic rings. The Morgan fingerprint density at radius 1 is 0.833 bits per heavy atom. The summed E-state index contributed by atoms with van der Waals surface area (Å²) in [5.41, 5.74) is 10.9. The first kappa shape index (κ1) is 30.2. The quantitative estimate of drug-likeness (QED) is 0.109. The Bertz CT molecular complexity index is 1240. The van der Waals surface area contributed by atoms with Gasteiger partial charge in [-0.15, -0.1) is 0 Å². The van der Waals surface area contributed by atoms with E-state index < -0.39 is 10.4 Å². The predicted molar refractivity (Wildman–Crippen MR) is 129 cm³/mol. The Balaban J connectivity index is 0.000000983. The SMILES string of the molecule is CC(=N[N-]C(=[OH+])c1ccncc1)c1cccc(C(C)=N[N-]C(=[OH+])c2ccncc2)n1.O=S(=O)([O-])[OH2+].[Fe+2]. The van der Waals surface area contributed by atoms with E-state index in [2.05, 4.69) is 36.0 Å². The third kappa shape index (κ3) is 11.0. The molecule has 0 bridgehead atoms. The number of hydrogen-bond donors (Lipinski definition) is 0. The molecule has 3 aromatic heterocycles. The van der Waals surface area contributed by atoms with Crippen LogP contribution in [0.5, 0.6) is 0 Å². The number of nitrogens with zero attached hydrogens (tertiary/aromatic N) is 7. The average Bonchev–Trinajstić information content (AvgIpc) is 2.85. The van der Waals surface area contributed by atoms with E-state index in [4.69, 9.17) is 17.5 Å². The summed E-state index contributed by atoms with van der Waals surface area (Å²) in [6, 6.07) is 11.9. The molecule has 36 heavy (non-hydrogen) atoms. The molecule has 4 N–H and O–H groups in total. The summed E-state index contributed by atoms with van der Waals surface area (Å²) in [5, 5.41) is 8.09. The van der Waals surface area contributed by atoms with Crippen LogP contribution >= 0.6 is 0 Å². The Kier molecular flexibility index (Phi) is 12.1. The minimum atomic E-state index is -4.67. The molecule has 0 aliphatic carbocycles. The molecule has 3 heterocycles. The van der Waals surface area contributed by atoms with Crippen molar-refractivity contribution in [1.29, 1.82) is 0 Å². The van der Waals surface area contributed by atoms with Crippen LogP contribution in [0.3, 0.4) is 0 Å². The number of carbonyl (C=O) groups excluding carboxylic acids is 2. The molecule has 0 unspecified atom stereocenters. The minimum Gasteiger partial charge on any atom is -0.683 e. The van der Waals surface area contributed by atoms with Crippen LogP contribution in [0, 0.1) is 0 Å². The first-order valence-electron chi connectivity index (χ1n) is 9.66. The smallest absolute Gasteiger partial charge is 0.683 e. The van der Waals surface area contributed by atoms with Crippen LogP contribution in [-0.4, -0.2) is 65.3 Å². The molecule has 15 heteroatoms. The van der Waals surface area contributed by atoms with Crippen molar-refractivity contribution in [3.8, 4) is 0 Å². The Hall–Kier alpha value is -3.88. The molecule has 3 rings (SSSR count). The van der Waals surface area contributed by atoms with Gasteiger partial charge in [0.1, 0.15) is 0 Å². The van der Waals surface area contributed by atoms with Crippen molar-refractivity contribution in [1.82, 2.24) is 15.0 Å². The van der Waals surface area contributed by atoms with E-state index in [1.54, 1.807) is 81.1 Å². The molecule has 0 spiro atoms. The zero-order valence-electron chi connectivity index (χ0n) is 18.9. The van der Waals surface area contributed by atoms with Gasteiger partial charge in [-0.05, 0) is 50.2 Å². The largest absolute Gasteiger partial charge is 2.00 e. The Morgan fingerprint density at radius 3 is 1.50 bits per heavy atom. The molecule has 0 radical (unpaired) electrons. The maximum absolute atomic E-state index is 10.0. The summed E-state index contributed by atoms with van der Waals surface area (Å²) in [4.78, 5) is 32.3. The number of hydrogen-bond acceptors (Lipinski definition) is 8. The first-order valence-corrected chi connectivity index (χ1v) is 11.1. The second-order valence-corrected chi connectivity index (χ2v) is 7.46. The number of rotatable bonds is 6. The Labute approximate surface area is 217 Å². The molecule has 0 saturated carbocycles. The van der Waals surface area contributed by atoms with Gasteiger partial charge < -0.3 is 30.2 Å². The van der Waals surface area contributed by atoms with E-state index in [1.807, 2.05) is 0 Å². The van der Waals surface area contributed by atoms with Crippen molar-refractivity contribution in [2.75, 3.05) is 0 Å². The maximum Gasteiger partial charge on any atom is 2.00 e. The van der Waals surface area contributed by atoms with Crippen LogP contribution in [0.2, 0.25) is 0 Å². The van der Waals surface area contributed by atoms with Gasteiger partial charge in [-0.25, -0.2) is 4.98 Å². The van der Waals surface area contributed by atoms with Crippen molar-refractivity contribution in [3.63, 3.8) is 0 Å². The van der Waals surface area contributed by atoms with E-state index in [1.165, 1.54) is 0 Å². The normalized spacial score (nSPS) is 11.3. The Morgan fingerprint density at radius 2 is 1.17 bits per heavy atom. The third-order valence-corrected chi connectivity index (χ3v) is 3.96. The predicted octanol–water partition coefficient (Wildman–Crippen LogP) is 1.34. The van der Waals surface area contributed by atoms with Gasteiger partial charge in [0.15, 0.2) is 0 Å². The van der Waals surface area contributed by atoms with Crippen molar-refractivity contribution in [3.05, 3.63) is 101 Å². The monoisotopic (exact) mass is 555 g/mol. The van der Waals surface area contributed by atoms with Crippen LogP contribution < -0.4 is 0 Å². The van der Waals surface area contributed by atoms with Gasteiger partial charge >= 0.3 is 27.5 Å². The van der Waals surface area contributed by atoms with Crippen LogP contribution in [-0.2, 0) is 27.5 Å². The van der Waals surface area contributed by atoms with Gasteiger partial charge in [0.05, 0.1) is 22.5 Å². The molecule has 0 saturated heterocycles. The van der Waals surface area contributed by atoms with Crippen LogP contribution in [0.15, 0.2) is 77.5 Å². The van der Waals surface area contributed by atoms with Gasteiger partial charge in [-0.1, -0.05) is 6.07 Å². The van der Waals surface area contributed by atoms with Crippen molar-refractivity contribution >= 4 is 33.6 Å². The van der Waals surface area contributed by atoms with Crippen LogP contribution in [0.4, 0.5) is 0 Å². The molecular formula is C21H21FeN7O6S+2. The molecule has 0 atom stereocenters. The summed E-state index contributed by atoms with van der Waals surface area (Å²) in [5.74, 6) is -0.432. The number of aromatic nitrogens is 3. The molecular weight excluding hydrogens is 534 g/mol. The molecule has 188 valence electrons. The number of pyridine rings is 3. The summed E-state index contributed by atoms with van der Waals surface area (Å²) in [6.45, 7) is 3.46. The molecule has 13 nitrogen and oxygen atoms in total. The fourth-order valence-electron chi connectivity index (χ4n) is 2.30. The molecule has 0 fully saturated rings. The minimum absolute atomic E-state index is 0. The fourth-order valence-corrected chi connectivity index (χ4v) is 2.30. The maximum atomic E-state index is 10.0. The van der Waals surface area contributed by atoms with Crippen LogP contribution in [0.1, 0.15) is 36.4 Å². The van der Waals surface area contributed by atoms with Gasteiger partial charge in [-0.3, -0.25) is 19.6 Å². The second-order valence-electron chi connectivity index (χ2n) is 6.55. The zero-order valence-corrected chi connectivity index (χ0v) is 20.8. The topological polar surface area (TPSA) is 214 Å². The van der Waals surface area contributed by atoms with Crippen molar-refractivity contribution in [2.45, 2.75) is 13.8 Å². The summed E-state index contributed by atoms with van der Waals surface area (Å²) in [6.07, 6.45) is 6.22. The van der Waals surface area contributed by atoms with E-state index in [-0.39, 0.29) is 28.9 Å². The van der Waals surface area contributed by atoms with E-state index in [0.717, 1.165) is 0 Å².